The van der Waals surface area contributed by atoms with Crippen LogP contribution in [-0.4, -0.2) is 31.3 Å². The van der Waals surface area contributed by atoms with Crippen LogP contribution in [0.4, 0.5) is 0 Å². The summed E-state index contributed by atoms with van der Waals surface area (Å²) in [5.74, 6) is 1.65. The second-order valence-electron chi connectivity index (χ2n) is 7.70. The number of carbonyl (C=O) groups excluding carboxylic acids is 1. The molecule has 2 N–H and O–H groups in total. The Hall–Kier alpha value is -2.53. The van der Waals surface area contributed by atoms with E-state index in [9.17, 15) is 9.90 Å². The van der Waals surface area contributed by atoms with Crippen LogP contribution in [0.2, 0.25) is 0 Å². The van der Waals surface area contributed by atoms with E-state index in [4.69, 9.17) is 9.47 Å². The number of aliphatic hydroxyl groups is 1. The lowest BCUT2D eigenvalue weighted by molar-refractivity contribution is -0.124. The molecule has 0 aromatic heterocycles. The molecule has 0 aliphatic heterocycles. The Morgan fingerprint density at radius 1 is 1.18 bits per heavy atom. The molecule has 1 aliphatic rings. The third-order valence-electron chi connectivity index (χ3n) is 5.34. The zero-order valence-electron chi connectivity index (χ0n) is 16.8. The summed E-state index contributed by atoms with van der Waals surface area (Å²) in [6.07, 6.45) is 2.38. The van der Waals surface area contributed by atoms with Crippen LogP contribution in [-0.2, 0) is 16.8 Å². The van der Waals surface area contributed by atoms with Gasteiger partial charge < -0.3 is 19.9 Å². The van der Waals surface area contributed by atoms with Gasteiger partial charge in [0.2, 0.25) is 0 Å². The zero-order chi connectivity index (χ0) is 20.1. The molecule has 5 heteroatoms. The molecule has 0 saturated heterocycles. The van der Waals surface area contributed by atoms with Crippen LogP contribution in [0.1, 0.15) is 49.3 Å². The largest absolute Gasteiger partial charge is 0.497 e. The molecule has 0 spiro atoms. The van der Waals surface area contributed by atoms with E-state index in [1.165, 1.54) is 5.56 Å². The predicted molar refractivity (Wildman–Crippen MR) is 109 cm³/mol. The minimum absolute atomic E-state index is 0.0768. The summed E-state index contributed by atoms with van der Waals surface area (Å²) in [7, 11) is 1.63. The molecule has 0 fully saturated rings. The van der Waals surface area contributed by atoms with Crippen LogP contribution in [0.5, 0.6) is 11.5 Å². The van der Waals surface area contributed by atoms with Crippen molar-refractivity contribution in [3.8, 4) is 11.5 Å². The average Bonchev–Trinajstić information content (AvgIpc) is 2.71. The number of aryl methyl sites for hydroxylation is 1. The van der Waals surface area contributed by atoms with Crippen molar-refractivity contribution in [2.45, 2.75) is 44.6 Å². The van der Waals surface area contributed by atoms with Gasteiger partial charge in [-0.15, -0.1) is 0 Å². The van der Waals surface area contributed by atoms with Gasteiger partial charge in [-0.25, -0.2) is 0 Å². The fourth-order valence-corrected chi connectivity index (χ4v) is 3.64. The molecule has 150 valence electrons. The Bertz CT molecular complexity index is 816. The second kappa shape index (κ2) is 8.65. The smallest absolute Gasteiger partial charge is 0.258 e. The quantitative estimate of drug-likeness (QED) is 0.767. The first kappa shape index (κ1) is 20.2. The molecule has 1 atom stereocenters. The van der Waals surface area contributed by atoms with Crippen molar-refractivity contribution >= 4 is 5.91 Å². The molecule has 1 unspecified atom stereocenters. The number of rotatable bonds is 7. The number of nitrogens with one attached hydrogen (secondary N) is 1. The van der Waals surface area contributed by atoms with E-state index in [1.807, 2.05) is 42.5 Å². The van der Waals surface area contributed by atoms with Crippen molar-refractivity contribution in [2.24, 2.45) is 0 Å². The first-order valence-corrected chi connectivity index (χ1v) is 9.80. The summed E-state index contributed by atoms with van der Waals surface area (Å²) in [5, 5.41) is 13.9. The van der Waals surface area contributed by atoms with Crippen molar-refractivity contribution in [2.75, 3.05) is 20.3 Å². The van der Waals surface area contributed by atoms with Crippen molar-refractivity contribution in [1.29, 1.82) is 0 Å². The van der Waals surface area contributed by atoms with Crippen LogP contribution in [0.15, 0.2) is 42.5 Å². The Morgan fingerprint density at radius 3 is 2.57 bits per heavy atom. The second-order valence-corrected chi connectivity index (χ2v) is 7.70. The maximum atomic E-state index is 12.2. The number of hydrogen-bond donors (Lipinski definition) is 2. The highest BCUT2D eigenvalue weighted by molar-refractivity contribution is 5.77. The zero-order valence-corrected chi connectivity index (χ0v) is 16.8. The lowest BCUT2D eigenvalue weighted by atomic mass is 9.79. The van der Waals surface area contributed by atoms with E-state index in [2.05, 4.69) is 19.2 Å². The summed E-state index contributed by atoms with van der Waals surface area (Å²) in [6.45, 7) is 4.36. The maximum Gasteiger partial charge on any atom is 0.258 e. The molecular formula is C23H29NO4. The van der Waals surface area contributed by atoms with E-state index in [0.29, 0.717) is 18.1 Å². The molecule has 2 aromatic carbocycles. The summed E-state index contributed by atoms with van der Waals surface area (Å²) in [4.78, 5) is 12.2. The SMILES string of the molecule is COc1ccc2c(c1)CCCC2(O)CNC(=O)COc1ccc(C(C)C)cc1. The topological polar surface area (TPSA) is 67.8 Å². The highest BCUT2D eigenvalue weighted by Crippen LogP contribution is 2.36. The molecular weight excluding hydrogens is 354 g/mol. The third kappa shape index (κ3) is 4.65. The van der Waals surface area contributed by atoms with Gasteiger partial charge in [0.15, 0.2) is 6.61 Å². The lowest BCUT2D eigenvalue weighted by Crippen LogP contribution is -2.44. The van der Waals surface area contributed by atoms with E-state index in [-0.39, 0.29) is 19.1 Å². The number of hydrogen-bond acceptors (Lipinski definition) is 4. The van der Waals surface area contributed by atoms with Gasteiger partial charge in [0.25, 0.3) is 5.91 Å². The minimum Gasteiger partial charge on any atom is -0.497 e. The highest BCUT2D eigenvalue weighted by atomic mass is 16.5. The number of ether oxygens (including phenoxy) is 2. The fraction of sp³-hybridized carbons (Fsp3) is 0.435. The van der Waals surface area contributed by atoms with Crippen LogP contribution in [0.3, 0.4) is 0 Å². The number of methoxy groups -OCH3 is 1. The summed E-state index contributed by atoms with van der Waals surface area (Å²) in [6, 6.07) is 13.5. The monoisotopic (exact) mass is 383 g/mol. The van der Waals surface area contributed by atoms with Gasteiger partial charge in [-0.05, 0) is 66.1 Å². The van der Waals surface area contributed by atoms with E-state index in [1.54, 1.807) is 7.11 Å². The number of benzene rings is 2. The van der Waals surface area contributed by atoms with E-state index in [0.717, 1.165) is 29.7 Å². The van der Waals surface area contributed by atoms with Gasteiger partial charge in [0.05, 0.1) is 13.7 Å². The lowest BCUT2D eigenvalue weighted by Gasteiger charge is -2.34. The average molecular weight is 383 g/mol. The van der Waals surface area contributed by atoms with Crippen molar-refractivity contribution < 1.29 is 19.4 Å². The number of amides is 1. The van der Waals surface area contributed by atoms with E-state index < -0.39 is 5.60 Å². The van der Waals surface area contributed by atoms with Gasteiger partial charge in [0.1, 0.15) is 17.1 Å². The number of carbonyl (C=O) groups is 1. The van der Waals surface area contributed by atoms with Gasteiger partial charge in [0, 0.05) is 0 Å². The Morgan fingerprint density at radius 2 is 1.89 bits per heavy atom. The number of fused-ring (bicyclic) bond motifs is 1. The molecule has 1 aliphatic carbocycles. The summed E-state index contributed by atoms with van der Waals surface area (Å²) < 4.78 is 10.8. The van der Waals surface area contributed by atoms with Crippen molar-refractivity contribution in [3.63, 3.8) is 0 Å². The third-order valence-corrected chi connectivity index (χ3v) is 5.34. The molecule has 0 heterocycles. The molecule has 0 saturated carbocycles. The first-order valence-electron chi connectivity index (χ1n) is 9.80. The van der Waals surface area contributed by atoms with Crippen molar-refractivity contribution in [1.82, 2.24) is 5.32 Å². The normalized spacial score (nSPS) is 18.5. The molecule has 1 amide bonds. The van der Waals surface area contributed by atoms with Crippen LogP contribution in [0, 0.1) is 0 Å². The molecule has 28 heavy (non-hydrogen) atoms. The van der Waals surface area contributed by atoms with Crippen LogP contribution < -0.4 is 14.8 Å². The predicted octanol–water partition coefficient (Wildman–Crippen LogP) is 3.54. The molecule has 0 radical (unpaired) electrons. The van der Waals surface area contributed by atoms with Gasteiger partial charge in [-0.2, -0.15) is 0 Å². The Balaban J connectivity index is 1.56. The maximum absolute atomic E-state index is 12.2. The Labute approximate surface area is 166 Å². The summed E-state index contributed by atoms with van der Waals surface area (Å²) in [5.41, 5.74) is 2.11. The molecule has 5 nitrogen and oxygen atoms in total. The van der Waals surface area contributed by atoms with Gasteiger partial charge >= 0.3 is 0 Å². The van der Waals surface area contributed by atoms with Gasteiger partial charge in [-0.3, -0.25) is 4.79 Å². The molecule has 3 rings (SSSR count). The minimum atomic E-state index is -1.06. The van der Waals surface area contributed by atoms with Gasteiger partial charge in [-0.1, -0.05) is 32.0 Å². The summed E-state index contributed by atoms with van der Waals surface area (Å²) >= 11 is 0. The highest BCUT2D eigenvalue weighted by Gasteiger charge is 2.34. The standard InChI is InChI=1S/C23H29NO4/c1-16(2)17-6-8-19(9-7-17)28-14-22(25)24-15-23(26)12-4-5-18-13-20(27-3)10-11-21(18)23/h6-11,13,16,26H,4-5,12,14-15H2,1-3H3,(H,24,25). The Kier molecular flexibility index (Phi) is 6.25. The van der Waals surface area contributed by atoms with Crippen LogP contribution in [0.25, 0.3) is 0 Å². The molecule has 0 bridgehead atoms. The molecule has 2 aromatic rings. The van der Waals surface area contributed by atoms with E-state index >= 15 is 0 Å². The fourth-order valence-electron chi connectivity index (χ4n) is 3.64. The van der Waals surface area contributed by atoms with Crippen LogP contribution >= 0.6 is 0 Å². The van der Waals surface area contributed by atoms with Crippen molar-refractivity contribution in [3.05, 3.63) is 59.2 Å². The first-order chi connectivity index (χ1) is 13.4.